The summed E-state index contributed by atoms with van der Waals surface area (Å²) in [6.07, 6.45) is 7.03. The van der Waals surface area contributed by atoms with Gasteiger partial charge in [-0.25, -0.2) is 4.39 Å². The number of halogens is 1. The molecule has 1 aromatic rings. The zero-order valence-electron chi connectivity index (χ0n) is 12.4. The molecule has 0 atom stereocenters. The molecule has 0 spiro atoms. The Morgan fingerprint density at radius 1 is 1.24 bits per heavy atom. The molecular formula is C16H24FN3O. The molecule has 5 heteroatoms. The third-order valence-corrected chi connectivity index (χ3v) is 3.62. The van der Waals surface area contributed by atoms with Gasteiger partial charge in [-0.1, -0.05) is 19.3 Å². The topological polar surface area (TPSA) is 59.6 Å². The van der Waals surface area contributed by atoms with Gasteiger partial charge in [0, 0.05) is 19.0 Å². The number of rotatable bonds is 6. The number of aliphatic imine (C=N–C) groups is 1. The van der Waals surface area contributed by atoms with E-state index in [1.165, 1.54) is 44.2 Å². The van der Waals surface area contributed by atoms with Crippen LogP contribution >= 0.6 is 0 Å². The molecule has 0 radical (unpaired) electrons. The van der Waals surface area contributed by atoms with Crippen LogP contribution < -0.4 is 15.8 Å². The number of nitrogens with one attached hydrogen (secondary N) is 1. The molecule has 0 heterocycles. The van der Waals surface area contributed by atoms with Crippen molar-refractivity contribution in [3.05, 3.63) is 30.1 Å². The van der Waals surface area contributed by atoms with Gasteiger partial charge in [-0.2, -0.15) is 0 Å². The lowest BCUT2D eigenvalue weighted by atomic mass is 9.96. The van der Waals surface area contributed by atoms with Gasteiger partial charge in [0.05, 0.1) is 6.61 Å². The highest BCUT2D eigenvalue weighted by Gasteiger charge is 2.12. The number of benzene rings is 1. The molecule has 1 aliphatic rings. The van der Waals surface area contributed by atoms with Crippen LogP contribution in [0.1, 0.15) is 38.5 Å². The van der Waals surface area contributed by atoms with Crippen LogP contribution in [0.5, 0.6) is 5.75 Å². The average Bonchev–Trinajstić information content (AvgIpc) is 2.50. The summed E-state index contributed by atoms with van der Waals surface area (Å²) < 4.78 is 18.2. The van der Waals surface area contributed by atoms with Crippen molar-refractivity contribution in [2.75, 3.05) is 13.2 Å². The first-order valence-corrected chi connectivity index (χ1v) is 7.69. The fourth-order valence-electron chi connectivity index (χ4n) is 2.49. The maximum atomic E-state index is 12.7. The van der Waals surface area contributed by atoms with Gasteiger partial charge in [-0.3, -0.25) is 4.99 Å². The van der Waals surface area contributed by atoms with E-state index >= 15 is 0 Å². The molecule has 0 aliphatic heterocycles. The predicted octanol–water partition coefficient (Wildman–Crippen LogP) is 2.83. The largest absolute Gasteiger partial charge is 0.494 e. The maximum absolute atomic E-state index is 12.7. The summed E-state index contributed by atoms with van der Waals surface area (Å²) in [5.41, 5.74) is 5.87. The van der Waals surface area contributed by atoms with E-state index in [-0.39, 0.29) is 5.82 Å². The van der Waals surface area contributed by atoms with Gasteiger partial charge in [0.15, 0.2) is 5.96 Å². The van der Waals surface area contributed by atoms with Crippen molar-refractivity contribution in [3.63, 3.8) is 0 Å². The normalized spacial score (nSPS) is 16.7. The van der Waals surface area contributed by atoms with Crippen molar-refractivity contribution in [3.8, 4) is 5.75 Å². The summed E-state index contributed by atoms with van der Waals surface area (Å²) in [7, 11) is 0. The molecule has 0 aromatic heterocycles. The second kappa shape index (κ2) is 8.49. The van der Waals surface area contributed by atoms with Crippen LogP contribution in [0.4, 0.5) is 4.39 Å². The van der Waals surface area contributed by atoms with Crippen molar-refractivity contribution in [2.45, 2.75) is 44.6 Å². The minimum Gasteiger partial charge on any atom is -0.494 e. The Balaban J connectivity index is 1.59. The van der Waals surface area contributed by atoms with Crippen LogP contribution in [0.25, 0.3) is 0 Å². The van der Waals surface area contributed by atoms with E-state index in [1.54, 1.807) is 12.1 Å². The third-order valence-electron chi connectivity index (χ3n) is 3.62. The van der Waals surface area contributed by atoms with E-state index in [0.717, 1.165) is 6.42 Å². The van der Waals surface area contributed by atoms with Gasteiger partial charge in [0.2, 0.25) is 0 Å². The van der Waals surface area contributed by atoms with Crippen molar-refractivity contribution in [1.82, 2.24) is 5.32 Å². The van der Waals surface area contributed by atoms with Crippen molar-refractivity contribution < 1.29 is 9.13 Å². The van der Waals surface area contributed by atoms with E-state index in [1.807, 2.05) is 0 Å². The lowest BCUT2D eigenvalue weighted by Crippen LogP contribution is -2.41. The molecule has 0 saturated heterocycles. The number of ether oxygens (including phenoxy) is 1. The lowest BCUT2D eigenvalue weighted by molar-refractivity contribution is 0.313. The maximum Gasteiger partial charge on any atom is 0.188 e. The SMILES string of the molecule is NC(=NCCCOc1ccc(F)cc1)NC1CCCCC1. The molecule has 4 nitrogen and oxygen atoms in total. The Hall–Kier alpha value is -1.78. The molecule has 0 bridgehead atoms. The van der Waals surface area contributed by atoms with Crippen molar-refractivity contribution in [1.29, 1.82) is 0 Å². The second-order valence-electron chi connectivity index (χ2n) is 5.40. The highest BCUT2D eigenvalue weighted by molar-refractivity contribution is 5.78. The summed E-state index contributed by atoms with van der Waals surface area (Å²) in [6.45, 7) is 1.18. The van der Waals surface area contributed by atoms with Gasteiger partial charge in [-0.05, 0) is 37.1 Å². The molecule has 1 fully saturated rings. The Kier molecular flexibility index (Phi) is 6.31. The molecule has 21 heavy (non-hydrogen) atoms. The van der Waals surface area contributed by atoms with Crippen LogP contribution in [-0.2, 0) is 0 Å². The van der Waals surface area contributed by atoms with Gasteiger partial charge in [0.1, 0.15) is 11.6 Å². The molecule has 1 saturated carbocycles. The quantitative estimate of drug-likeness (QED) is 0.482. The van der Waals surface area contributed by atoms with Crippen LogP contribution in [-0.4, -0.2) is 25.2 Å². The molecule has 116 valence electrons. The average molecular weight is 293 g/mol. The predicted molar refractivity (Wildman–Crippen MR) is 83.0 cm³/mol. The van der Waals surface area contributed by atoms with Crippen molar-refractivity contribution in [2.24, 2.45) is 10.7 Å². The van der Waals surface area contributed by atoms with Gasteiger partial charge in [0.25, 0.3) is 0 Å². The Labute approximate surface area is 125 Å². The van der Waals surface area contributed by atoms with Crippen LogP contribution in [0, 0.1) is 5.82 Å². The summed E-state index contributed by atoms with van der Waals surface area (Å²) in [6, 6.07) is 6.51. The zero-order chi connectivity index (χ0) is 14.9. The minimum atomic E-state index is -0.256. The Morgan fingerprint density at radius 2 is 1.95 bits per heavy atom. The second-order valence-corrected chi connectivity index (χ2v) is 5.40. The van der Waals surface area contributed by atoms with E-state index in [4.69, 9.17) is 10.5 Å². The fourth-order valence-corrected chi connectivity index (χ4v) is 2.49. The van der Waals surface area contributed by atoms with E-state index in [9.17, 15) is 4.39 Å². The number of guanidine groups is 1. The number of nitrogens with two attached hydrogens (primary N) is 1. The minimum absolute atomic E-state index is 0.256. The number of hydrogen-bond donors (Lipinski definition) is 2. The summed E-state index contributed by atoms with van der Waals surface area (Å²) in [5.74, 6) is 0.950. The third kappa shape index (κ3) is 6.02. The lowest BCUT2D eigenvalue weighted by Gasteiger charge is -2.23. The fraction of sp³-hybridized carbons (Fsp3) is 0.562. The zero-order valence-corrected chi connectivity index (χ0v) is 12.4. The first-order chi connectivity index (χ1) is 10.2. The summed E-state index contributed by atoms with van der Waals surface area (Å²) in [5, 5.41) is 3.28. The monoisotopic (exact) mass is 293 g/mol. The van der Waals surface area contributed by atoms with Crippen LogP contribution in [0.3, 0.4) is 0 Å². The smallest absolute Gasteiger partial charge is 0.188 e. The van der Waals surface area contributed by atoms with E-state index in [2.05, 4.69) is 10.3 Å². The van der Waals surface area contributed by atoms with E-state index < -0.39 is 0 Å². The summed E-state index contributed by atoms with van der Waals surface area (Å²) in [4.78, 5) is 4.31. The number of hydrogen-bond acceptors (Lipinski definition) is 2. The molecule has 1 aromatic carbocycles. The molecule has 0 amide bonds. The molecule has 2 rings (SSSR count). The first-order valence-electron chi connectivity index (χ1n) is 7.69. The number of nitrogens with zero attached hydrogens (tertiary/aromatic N) is 1. The molecule has 0 unspecified atom stereocenters. The molecule has 3 N–H and O–H groups in total. The molecular weight excluding hydrogens is 269 g/mol. The molecule has 1 aliphatic carbocycles. The standard InChI is InChI=1S/C16H24FN3O/c17-13-7-9-15(10-8-13)21-12-4-11-19-16(18)20-14-5-2-1-3-6-14/h7-10,14H,1-6,11-12H2,(H3,18,19,20). The highest BCUT2D eigenvalue weighted by Crippen LogP contribution is 2.17. The first kappa shape index (κ1) is 15.6. The van der Waals surface area contributed by atoms with Crippen molar-refractivity contribution >= 4 is 5.96 Å². The highest BCUT2D eigenvalue weighted by atomic mass is 19.1. The van der Waals surface area contributed by atoms with Crippen LogP contribution in [0.2, 0.25) is 0 Å². The van der Waals surface area contributed by atoms with Gasteiger partial charge >= 0.3 is 0 Å². The Morgan fingerprint density at radius 3 is 2.67 bits per heavy atom. The summed E-state index contributed by atoms with van der Waals surface area (Å²) >= 11 is 0. The Bertz CT molecular complexity index is 441. The van der Waals surface area contributed by atoms with Crippen LogP contribution in [0.15, 0.2) is 29.3 Å². The van der Waals surface area contributed by atoms with Gasteiger partial charge in [-0.15, -0.1) is 0 Å². The van der Waals surface area contributed by atoms with Gasteiger partial charge < -0.3 is 15.8 Å². The van der Waals surface area contributed by atoms with E-state index in [0.29, 0.717) is 30.9 Å².